The van der Waals surface area contributed by atoms with Crippen LogP contribution in [0.15, 0.2) is 54.6 Å². The molecule has 0 fully saturated rings. The third-order valence-electron chi connectivity index (χ3n) is 4.23. The van der Waals surface area contributed by atoms with Crippen LogP contribution in [0.25, 0.3) is 0 Å². The Balaban J connectivity index is 2.29. The number of methoxy groups -OCH3 is 1. The van der Waals surface area contributed by atoms with Crippen LogP contribution in [-0.4, -0.2) is 42.1 Å². The molecule has 2 aromatic rings. The van der Waals surface area contributed by atoms with Gasteiger partial charge in [0.05, 0.1) is 7.11 Å². The molecule has 0 aromatic heterocycles. The van der Waals surface area contributed by atoms with Gasteiger partial charge < -0.3 is 20.1 Å². The van der Waals surface area contributed by atoms with Crippen molar-refractivity contribution in [2.45, 2.75) is 25.9 Å². The molecule has 27 heavy (non-hydrogen) atoms. The molecular formula is C21H26N2O4. The number of benzene rings is 2. The minimum atomic E-state index is -0.746. The van der Waals surface area contributed by atoms with Gasteiger partial charge in [-0.1, -0.05) is 42.5 Å². The summed E-state index contributed by atoms with van der Waals surface area (Å²) in [7, 11) is 1.60. The zero-order chi connectivity index (χ0) is 19.6. The van der Waals surface area contributed by atoms with E-state index in [9.17, 15) is 9.59 Å². The minimum Gasteiger partial charge on any atom is -0.497 e. The molecule has 144 valence electrons. The van der Waals surface area contributed by atoms with Crippen molar-refractivity contribution in [1.82, 2.24) is 10.2 Å². The zero-order valence-corrected chi connectivity index (χ0v) is 15.7. The molecule has 2 N–H and O–H groups in total. The average Bonchev–Trinajstić information content (AvgIpc) is 2.69. The van der Waals surface area contributed by atoms with Gasteiger partial charge in [0.15, 0.2) is 0 Å². The lowest BCUT2D eigenvalue weighted by Crippen LogP contribution is -2.42. The zero-order valence-electron chi connectivity index (χ0n) is 15.7. The van der Waals surface area contributed by atoms with Crippen LogP contribution in [0.1, 0.15) is 30.5 Å². The maximum absolute atomic E-state index is 12.8. The van der Waals surface area contributed by atoms with Crippen LogP contribution >= 0.6 is 0 Å². The van der Waals surface area contributed by atoms with Crippen LogP contribution in [0.3, 0.4) is 0 Å². The number of nitrogens with zero attached hydrogens (tertiary/aromatic N) is 1. The molecule has 6 nitrogen and oxygen atoms in total. The van der Waals surface area contributed by atoms with Crippen LogP contribution in [0.5, 0.6) is 5.75 Å². The lowest BCUT2D eigenvalue weighted by Gasteiger charge is -2.30. The Labute approximate surface area is 159 Å². The fourth-order valence-corrected chi connectivity index (χ4v) is 2.81. The number of hydrogen-bond acceptors (Lipinski definition) is 4. The lowest BCUT2D eigenvalue weighted by atomic mass is 10.0. The quantitative estimate of drug-likeness (QED) is 0.664. The van der Waals surface area contributed by atoms with Crippen LogP contribution in [0, 0.1) is 0 Å². The Kier molecular flexibility index (Phi) is 7.82. The first kappa shape index (κ1) is 20.5. The molecule has 2 amide bonds. The highest BCUT2D eigenvalue weighted by atomic mass is 16.5. The SMILES string of the molecule is COc1ccc(CN(C(C)=O)[C@H](C(=O)NCCCO)c2ccccc2)cc1. The molecule has 0 aliphatic heterocycles. The summed E-state index contributed by atoms with van der Waals surface area (Å²) in [5.74, 6) is 0.268. The Bertz CT molecular complexity index is 732. The van der Waals surface area contributed by atoms with Gasteiger partial charge in [-0.2, -0.15) is 0 Å². The molecule has 2 aromatic carbocycles. The number of ether oxygens (including phenoxy) is 1. The second-order valence-electron chi connectivity index (χ2n) is 6.18. The molecule has 6 heteroatoms. The Morgan fingerprint density at radius 2 is 1.78 bits per heavy atom. The minimum absolute atomic E-state index is 0.00143. The van der Waals surface area contributed by atoms with E-state index in [1.807, 2.05) is 54.6 Å². The number of hydrogen-bond donors (Lipinski definition) is 2. The highest BCUT2D eigenvalue weighted by molar-refractivity contribution is 5.88. The first-order valence-corrected chi connectivity index (χ1v) is 8.90. The van der Waals surface area contributed by atoms with E-state index in [1.54, 1.807) is 12.0 Å². The van der Waals surface area contributed by atoms with Crippen LogP contribution in [-0.2, 0) is 16.1 Å². The normalized spacial score (nSPS) is 11.5. The van der Waals surface area contributed by atoms with Crippen molar-refractivity contribution in [2.24, 2.45) is 0 Å². The number of nitrogens with one attached hydrogen (secondary N) is 1. The van der Waals surface area contributed by atoms with Crippen molar-refractivity contribution in [3.8, 4) is 5.75 Å². The summed E-state index contributed by atoms with van der Waals surface area (Å²) < 4.78 is 5.17. The number of rotatable bonds is 9. The van der Waals surface area contributed by atoms with Crippen molar-refractivity contribution >= 4 is 11.8 Å². The molecule has 0 unspecified atom stereocenters. The monoisotopic (exact) mass is 370 g/mol. The Hall–Kier alpha value is -2.86. The first-order chi connectivity index (χ1) is 13.1. The number of carbonyl (C=O) groups excluding carboxylic acids is 2. The third kappa shape index (κ3) is 5.82. The molecule has 1 atom stereocenters. The van der Waals surface area contributed by atoms with Crippen LogP contribution in [0.4, 0.5) is 0 Å². The Morgan fingerprint density at radius 1 is 1.11 bits per heavy atom. The van der Waals surface area contributed by atoms with E-state index in [0.29, 0.717) is 19.5 Å². The predicted molar refractivity (Wildman–Crippen MR) is 103 cm³/mol. The van der Waals surface area contributed by atoms with Gasteiger partial charge in [0.1, 0.15) is 11.8 Å². The maximum Gasteiger partial charge on any atom is 0.247 e. The van der Waals surface area contributed by atoms with Gasteiger partial charge >= 0.3 is 0 Å². The summed E-state index contributed by atoms with van der Waals surface area (Å²) in [6, 6.07) is 15.9. The summed E-state index contributed by atoms with van der Waals surface area (Å²) in [6.45, 7) is 2.11. The third-order valence-corrected chi connectivity index (χ3v) is 4.23. The molecule has 0 aliphatic carbocycles. The fourth-order valence-electron chi connectivity index (χ4n) is 2.81. The molecule has 0 bridgehead atoms. The topological polar surface area (TPSA) is 78.9 Å². The van der Waals surface area contributed by atoms with E-state index >= 15 is 0 Å². The van der Waals surface area contributed by atoms with Gasteiger partial charge in [-0.15, -0.1) is 0 Å². The highest BCUT2D eigenvalue weighted by Gasteiger charge is 2.29. The summed E-state index contributed by atoms with van der Waals surface area (Å²) in [5.41, 5.74) is 1.64. The summed E-state index contributed by atoms with van der Waals surface area (Å²) in [6.07, 6.45) is 0.464. The fraction of sp³-hybridized carbons (Fsp3) is 0.333. The molecule has 0 aliphatic rings. The maximum atomic E-state index is 12.8. The van der Waals surface area contributed by atoms with Gasteiger partial charge in [0.25, 0.3) is 0 Å². The lowest BCUT2D eigenvalue weighted by molar-refractivity contribution is -0.140. The van der Waals surface area contributed by atoms with Gasteiger partial charge in [-0.25, -0.2) is 0 Å². The van der Waals surface area contributed by atoms with Gasteiger partial charge in [0.2, 0.25) is 11.8 Å². The standard InChI is InChI=1S/C21H26N2O4/c1-16(25)23(15-17-9-11-19(27-2)12-10-17)20(18-7-4-3-5-8-18)21(26)22-13-6-14-24/h3-5,7-12,20,24H,6,13-15H2,1-2H3,(H,22,26)/t20-/m0/s1. The molecule has 0 spiro atoms. The van der Waals surface area contributed by atoms with Gasteiger partial charge in [0, 0.05) is 26.6 Å². The van der Waals surface area contributed by atoms with E-state index in [2.05, 4.69) is 5.32 Å². The van der Waals surface area contributed by atoms with E-state index < -0.39 is 6.04 Å². The number of aliphatic hydroxyl groups is 1. The summed E-state index contributed by atoms with van der Waals surface area (Å²) >= 11 is 0. The molecule has 0 radical (unpaired) electrons. The van der Waals surface area contributed by atoms with Crippen molar-refractivity contribution in [3.05, 3.63) is 65.7 Å². The smallest absolute Gasteiger partial charge is 0.247 e. The van der Waals surface area contributed by atoms with E-state index in [-0.39, 0.29) is 18.4 Å². The highest BCUT2D eigenvalue weighted by Crippen LogP contribution is 2.24. The van der Waals surface area contributed by atoms with Crippen molar-refractivity contribution in [1.29, 1.82) is 0 Å². The van der Waals surface area contributed by atoms with Crippen LogP contribution < -0.4 is 10.1 Å². The summed E-state index contributed by atoms with van der Waals surface area (Å²) in [5, 5.41) is 11.8. The van der Waals surface area contributed by atoms with E-state index in [4.69, 9.17) is 9.84 Å². The van der Waals surface area contributed by atoms with Gasteiger partial charge in [-0.3, -0.25) is 9.59 Å². The van der Waals surface area contributed by atoms with E-state index in [0.717, 1.165) is 16.9 Å². The van der Waals surface area contributed by atoms with Gasteiger partial charge in [-0.05, 0) is 29.7 Å². The van der Waals surface area contributed by atoms with Crippen molar-refractivity contribution in [3.63, 3.8) is 0 Å². The van der Waals surface area contributed by atoms with Crippen molar-refractivity contribution in [2.75, 3.05) is 20.3 Å². The molecule has 0 heterocycles. The molecular weight excluding hydrogens is 344 g/mol. The molecule has 0 saturated carbocycles. The molecule has 0 saturated heterocycles. The largest absolute Gasteiger partial charge is 0.497 e. The number of carbonyl (C=O) groups is 2. The second kappa shape index (κ2) is 10.3. The summed E-state index contributed by atoms with van der Waals surface area (Å²) in [4.78, 5) is 26.8. The molecule has 2 rings (SSSR count). The predicted octanol–water partition coefficient (Wildman–Crippen LogP) is 2.28. The number of aliphatic hydroxyl groups excluding tert-OH is 1. The Morgan fingerprint density at radius 3 is 2.33 bits per heavy atom. The first-order valence-electron chi connectivity index (χ1n) is 8.90. The van der Waals surface area contributed by atoms with E-state index in [1.165, 1.54) is 6.92 Å². The average molecular weight is 370 g/mol. The second-order valence-corrected chi connectivity index (χ2v) is 6.18. The van der Waals surface area contributed by atoms with Crippen LogP contribution in [0.2, 0.25) is 0 Å². The van der Waals surface area contributed by atoms with Crippen molar-refractivity contribution < 1.29 is 19.4 Å². The number of amides is 2.